The van der Waals surface area contributed by atoms with Crippen molar-refractivity contribution in [2.45, 2.75) is 72.3 Å². The zero-order chi connectivity index (χ0) is 10.3. The second-order valence-electron chi connectivity index (χ2n) is 5.18. The molecule has 0 unspecified atom stereocenters. The Bertz CT molecular complexity index is 113. The van der Waals surface area contributed by atoms with Crippen LogP contribution in [0.2, 0.25) is 0 Å². The van der Waals surface area contributed by atoms with Crippen molar-refractivity contribution in [1.82, 2.24) is 0 Å². The monoisotopic (exact) mass is 185 g/mol. The Morgan fingerprint density at radius 1 is 1.00 bits per heavy atom. The Kier molecular flexibility index (Phi) is 6.40. The van der Waals surface area contributed by atoms with E-state index in [1.807, 2.05) is 0 Å². The average molecular weight is 185 g/mol. The summed E-state index contributed by atoms with van der Waals surface area (Å²) >= 11 is 0. The van der Waals surface area contributed by atoms with Crippen LogP contribution in [0.3, 0.4) is 0 Å². The SMILES string of the molecule is CCCCCCC[C@@H](N)C(C)(C)C. The average Bonchev–Trinajstić information content (AvgIpc) is 2.02. The van der Waals surface area contributed by atoms with Gasteiger partial charge in [-0.3, -0.25) is 0 Å². The van der Waals surface area contributed by atoms with Crippen molar-refractivity contribution < 1.29 is 0 Å². The molecule has 80 valence electrons. The van der Waals surface area contributed by atoms with Crippen molar-refractivity contribution in [2.75, 3.05) is 0 Å². The van der Waals surface area contributed by atoms with E-state index in [2.05, 4.69) is 27.7 Å². The van der Waals surface area contributed by atoms with E-state index in [1.54, 1.807) is 0 Å². The van der Waals surface area contributed by atoms with Gasteiger partial charge in [-0.25, -0.2) is 0 Å². The molecule has 2 N–H and O–H groups in total. The lowest BCUT2D eigenvalue weighted by atomic mass is 9.84. The van der Waals surface area contributed by atoms with Gasteiger partial charge in [0, 0.05) is 6.04 Å². The lowest BCUT2D eigenvalue weighted by molar-refractivity contribution is 0.298. The maximum atomic E-state index is 6.07. The fourth-order valence-corrected chi connectivity index (χ4v) is 1.40. The molecule has 1 heteroatoms. The molecule has 13 heavy (non-hydrogen) atoms. The molecule has 0 spiro atoms. The molecule has 0 amide bonds. The molecule has 0 saturated heterocycles. The van der Waals surface area contributed by atoms with Crippen LogP contribution in [-0.4, -0.2) is 6.04 Å². The predicted octanol–water partition coefficient (Wildman–Crippen LogP) is 3.72. The standard InChI is InChI=1S/C12H27N/c1-5-6-7-8-9-10-11(13)12(2,3)4/h11H,5-10,13H2,1-4H3/t11-/m1/s1. The lowest BCUT2D eigenvalue weighted by Gasteiger charge is -2.26. The van der Waals surface area contributed by atoms with Crippen LogP contribution in [0.15, 0.2) is 0 Å². The first-order valence-electron chi connectivity index (χ1n) is 5.74. The van der Waals surface area contributed by atoms with Gasteiger partial charge in [0.1, 0.15) is 0 Å². The highest BCUT2D eigenvalue weighted by molar-refractivity contribution is 4.76. The minimum absolute atomic E-state index is 0.282. The van der Waals surface area contributed by atoms with Gasteiger partial charge in [-0.1, -0.05) is 59.8 Å². The van der Waals surface area contributed by atoms with Crippen molar-refractivity contribution >= 4 is 0 Å². The molecule has 0 aromatic carbocycles. The highest BCUT2D eigenvalue weighted by Gasteiger charge is 2.19. The van der Waals surface area contributed by atoms with Gasteiger partial charge in [0.05, 0.1) is 0 Å². The molecule has 0 aliphatic carbocycles. The fourth-order valence-electron chi connectivity index (χ4n) is 1.40. The van der Waals surface area contributed by atoms with Gasteiger partial charge < -0.3 is 5.73 Å². The molecule has 0 fully saturated rings. The third-order valence-corrected chi connectivity index (χ3v) is 2.73. The van der Waals surface area contributed by atoms with E-state index < -0.39 is 0 Å². The molecule has 1 atom stereocenters. The summed E-state index contributed by atoms with van der Waals surface area (Å²) in [7, 11) is 0. The molecule has 0 saturated carbocycles. The quantitative estimate of drug-likeness (QED) is 0.627. The van der Waals surface area contributed by atoms with Crippen LogP contribution in [0.5, 0.6) is 0 Å². The number of rotatable bonds is 6. The van der Waals surface area contributed by atoms with Crippen LogP contribution in [0, 0.1) is 5.41 Å². The second kappa shape index (κ2) is 6.42. The van der Waals surface area contributed by atoms with Crippen LogP contribution in [0.1, 0.15) is 66.2 Å². The third kappa shape index (κ3) is 7.06. The molecule has 0 radical (unpaired) electrons. The van der Waals surface area contributed by atoms with Crippen molar-refractivity contribution in [3.05, 3.63) is 0 Å². The Labute approximate surface area is 84.1 Å². The highest BCUT2D eigenvalue weighted by Crippen LogP contribution is 2.21. The van der Waals surface area contributed by atoms with Gasteiger partial charge in [-0.2, -0.15) is 0 Å². The van der Waals surface area contributed by atoms with Crippen LogP contribution in [0.4, 0.5) is 0 Å². The Morgan fingerprint density at radius 2 is 1.54 bits per heavy atom. The summed E-state index contributed by atoms with van der Waals surface area (Å²) < 4.78 is 0. The van der Waals surface area contributed by atoms with Crippen molar-refractivity contribution in [1.29, 1.82) is 0 Å². The van der Waals surface area contributed by atoms with Crippen LogP contribution in [0.25, 0.3) is 0 Å². The summed E-state index contributed by atoms with van der Waals surface area (Å²) in [5.74, 6) is 0. The van der Waals surface area contributed by atoms with Gasteiger partial charge in [-0.15, -0.1) is 0 Å². The number of hydrogen-bond donors (Lipinski definition) is 1. The largest absolute Gasteiger partial charge is 0.327 e. The minimum atomic E-state index is 0.282. The summed E-state index contributed by atoms with van der Waals surface area (Å²) in [6.45, 7) is 8.93. The van der Waals surface area contributed by atoms with E-state index in [4.69, 9.17) is 5.73 Å². The van der Waals surface area contributed by atoms with Crippen LogP contribution >= 0.6 is 0 Å². The van der Waals surface area contributed by atoms with Gasteiger partial charge in [0.25, 0.3) is 0 Å². The van der Waals surface area contributed by atoms with E-state index in [0.29, 0.717) is 6.04 Å². The summed E-state index contributed by atoms with van der Waals surface area (Å²) in [5, 5.41) is 0. The van der Waals surface area contributed by atoms with Crippen molar-refractivity contribution in [2.24, 2.45) is 11.1 Å². The smallest absolute Gasteiger partial charge is 0.00876 e. The first-order chi connectivity index (χ1) is 5.98. The Balaban J connectivity index is 3.32. The molecule has 1 nitrogen and oxygen atoms in total. The highest BCUT2D eigenvalue weighted by atomic mass is 14.7. The molecule has 0 aromatic rings. The van der Waals surface area contributed by atoms with E-state index in [1.165, 1.54) is 38.5 Å². The maximum absolute atomic E-state index is 6.07. The molecule has 0 aliphatic rings. The first-order valence-corrected chi connectivity index (χ1v) is 5.74. The van der Waals surface area contributed by atoms with E-state index in [0.717, 1.165) is 0 Å². The number of nitrogens with two attached hydrogens (primary N) is 1. The predicted molar refractivity (Wildman–Crippen MR) is 60.8 cm³/mol. The first kappa shape index (κ1) is 13.0. The lowest BCUT2D eigenvalue weighted by Crippen LogP contribution is -2.34. The Hall–Kier alpha value is -0.0400. The van der Waals surface area contributed by atoms with Crippen LogP contribution < -0.4 is 5.73 Å². The topological polar surface area (TPSA) is 26.0 Å². The number of unbranched alkanes of at least 4 members (excludes halogenated alkanes) is 4. The summed E-state index contributed by atoms with van der Waals surface area (Å²) in [4.78, 5) is 0. The fraction of sp³-hybridized carbons (Fsp3) is 1.00. The maximum Gasteiger partial charge on any atom is 0.00876 e. The van der Waals surface area contributed by atoms with E-state index in [-0.39, 0.29) is 5.41 Å². The number of hydrogen-bond acceptors (Lipinski definition) is 1. The third-order valence-electron chi connectivity index (χ3n) is 2.73. The van der Waals surface area contributed by atoms with E-state index in [9.17, 15) is 0 Å². The second-order valence-corrected chi connectivity index (χ2v) is 5.18. The molecule has 0 aliphatic heterocycles. The zero-order valence-electron chi connectivity index (χ0n) is 9.90. The molecule has 0 heterocycles. The molecular weight excluding hydrogens is 158 g/mol. The van der Waals surface area contributed by atoms with E-state index >= 15 is 0 Å². The van der Waals surface area contributed by atoms with Gasteiger partial charge in [0.15, 0.2) is 0 Å². The molecule has 0 bridgehead atoms. The minimum Gasteiger partial charge on any atom is -0.327 e. The van der Waals surface area contributed by atoms with Gasteiger partial charge >= 0.3 is 0 Å². The zero-order valence-corrected chi connectivity index (χ0v) is 9.90. The molecule has 0 aromatic heterocycles. The van der Waals surface area contributed by atoms with Gasteiger partial charge in [-0.05, 0) is 11.8 Å². The Morgan fingerprint density at radius 3 is 2.00 bits per heavy atom. The molecule has 0 rings (SSSR count). The summed E-state index contributed by atoms with van der Waals surface area (Å²) in [6, 6.07) is 0.370. The van der Waals surface area contributed by atoms with Crippen molar-refractivity contribution in [3.63, 3.8) is 0 Å². The van der Waals surface area contributed by atoms with Crippen LogP contribution in [-0.2, 0) is 0 Å². The summed E-state index contributed by atoms with van der Waals surface area (Å²) in [6.07, 6.45) is 7.94. The van der Waals surface area contributed by atoms with Gasteiger partial charge in [0.2, 0.25) is 0 Å². The summed E-state index contributed by atoms with van der Waals surface area (Å²) in [5.41, 5.74) is 6.35. The molecular formula is C12H27N. The van der Waals surface area contributed by atoms with Crippen molar-refractivity contribution in [3.8, 4) is 0 Å². The normalized spacial score (nSPS) is 14.5.